The van der Waals surface area contributed by atoms with Crippen molar-refractivity contribution in [3.8, 4) is 5.75 Å². The largest absolute Gasteiger partial charge is 0.492 e. The highest BCUT2D eigenvalue weighted by Crippen LogP contribution is 2.10. The van der Waals surface area contributed by atoms with Crippen LogP contribution in [-0.2, 0) is 4.79 Å². The molecule has 0 saturated carbocycles. The molecular formula is C12H18ClFN2O2. The Morgan fingerprint density at radius 1 is 1.44 bits per heavy atom. The van der Waals surface area contributed by atoms with Gasteiger partial charge in [-0.1, -0.05) is 0 Å². The molecule has 0 aliphatic rings. The van der Waals surface area contributed by atoms with E-state index in [1.807, 2.05) is 0 Å². The second kappa shape index (κ2) is 7.89. The van der Waals surface area contributed by atoms with Gasteiger partial charge >= 0.3 is 0 Å². The van der Waals surface area contributed by atoms with Crippen LogP contribution in [0.15, 0.2) is 24.3 Å². The molecule has 0 bridgehead atoms. The van der Waals surface area contributed by atoms with Gasteiger partial charge in [0, 0.05) is 7.05 Å². The third kappa shape index (κ3) is 5.33. The topological polar surface area (TPSA) is 55.6 Å². The summed E-state index contributed by atoms with van der Waals surface area (Å²) < 4.78 is 18.0. The third-order valence-electron chi connectivity index (χ3n) is 2.27. The Morgan fingerprint density at radius 3 is 2.50 bits per heavy atom. The van der Waals surface area contributed by atoms with Gasteiger partial charge in [-0.05, 0) is 31.2 Å². The molecule has 102 valence electrons. The van der Waals surface area contributed by atoms with E-state index >= 15 is 0 Å². The summed E-state index contributed by atoms with van der Waals surface area (Å²) in [6.07, 6.45) is 0. The number of benzene rings is 1. The maximum absolute atomic E-state index is 12.6. The van der Waals surface area contributed by atoms with Crippen LogP contribution in [0.25, 0.3) is 0 Å². The molecule has 4 nitrogen and oxygen atoms in total. The minimum absolute atomic E-state index is 0. The van der Waals surface area contributed by atoms with Crippen molar-refractivity contribution in [2.24, 2.45) is 5.73 Å². The fourth-order valence-corrected chi connectivity index (χ4v) is 1.29. The van der Waals surface area contributed by atoms with E-state index in [4.69, 9.17) is 10.5 Å². The number of likely N-dealkylation sites (N-methyl/N-ethyl adjacent to an activating group) is 1. The van der Waals surface area contributed by atoms with Crippen LogP contribution in [-0.4, -0.2) is 37.0 Å². The molecule has 1 aromatic carbocycles. The summed E-state index contributed by atoms with van der Waals surface area (Å²) in [5, 5.41) is 0. The molecule has 0 spiro atoms. The zero-order valence-electron chi connectivity index (χ0n) is 10.4. The molecule has 6 heteroatoms. The van der Waals surface area contributed by atoms with Crippen molar-refractivity contribution in [2.75, 3.05) is 20.2 Å². The van der Waals surface area contributed by atoms with Crippen molar-refractivity contribution in [3.63, 3.8) is 0 Å². The predicted molar refractivity (Wildman–Crippen MR) is 70.4 cm³/mol. The highest BCUT2D eigenvalue weighted by molar-refractivity contribution is 5.85. The van der Waals surface area contributed by atoms with Crippen molar-refractivity contribution in [3.05, 3.63) is 30.1 Å². The van der Waals surface area contributed by atoms with Crippen molar-refractivity contribution >= 4 is 18.3 Å². The van der Waals surface area contributed by atoms with Crippen molar-refractivity contribution < 1.29 is 13.9 Å². The smallest absolute Gasteiger partial charge is 0.239 e. The molecule has 1 atom stereocenters. The summed E-state index contributed by atoms with van der Waals surface area (Å²) in [6.45, 7) is 2.43. The molecule has 1 rings (SSSR count). The zero-order valence-corrected chi connectivity index (χ0v) is 11.2. The Balaban J connectivity index is 0.00000289. The van der Waals surface area contributed by atoms with Crippen LogP contribution in [0.5, 0.6) is 5.75 Å². The Hall–Kier alpha value is -1.33. The van der Waals surface area contributed by atoms with E-state index in [1.54, 1.807) is 26.1 Å². The second-order valence-electron chi connectivity index (χ2n) is 3.85. The number of ether oxygens (including phenoxy) is 1. The van der Waals surface area contributed by atoms with Crippen LogP contribution in [0.4, 0.5) is 4.39 Å². The lowest BCUT2D eigenvalue weighted by atomic mass is 10.3. The number of rotatable bonds is 5. The minimum atomic E-state index is -0.508. The molecule has 0 aliphatic carbocycles. The fraction of sp³-hybridized carbons (Fsp3) is 0.417. The van der Waals surface area contributed by atoms with E-state index in [0.29, 0.717) is 18.9 Å². The van der Waals surface area contributed by atoms with Gasteiger partial charge in [0.2, 0.25) is 5.91 Å². The zero-order chi connectivity index (χ0) is 12.8. The van der Waals surface area contributed by atoms with E-state index in [-0.39, 0.29) is 24.1 Å². The number of hydrogen-bond acceptors (Lipinski definition) is 3. The number of hydrogen-bond donors (Lipinski definition) is 1. The molecular weight excluding hydrogens is 259 g/mol. The molecule has 1 amide bonds. The normalized spacial score (nSPS) is 11.3. The average Bonchev–Trinajstić information content (AvgIpc) is 2.30. The van der Waals surface area contributed by atoms with E-state index in [0.717, 1.165) is 0 Å². The Morgan fingerprint density at radius 2 is 2.00 bits per heavy atom. The van der Waals surface area contributed by atoms with Crippen LogP contribution in [0.2, 0.25) is 0 Å². The third-order valence-corrected chi connectivity index (χ3v) is 2.27. The number of amides is 1. The SMILES string of the molecule is C[C@H](N)C(=O)N(C)CCOc1ccc(F)cc1.Cl. The van der Waals surface area contributed by atoms with Gasteiger partial charge < -0.3 is 15.4 Å². The van der Waals surface area contributed by atoms with Gasteiger partial charge in [0.25, 0.3) is 0 Å². The molecule has 0 fully saturated rings. The molecule has 0 unspecified atom stereocenters. The van der Waals surface area contributed by atoms with E-state index in [1.165, 1.54) is 17.0 Å². The first-order valence-electron chi connectivity index (χ1n) is 5.39. The minimum Gasteiger partial charge on any atom is -0.492 e. The highest BCUT2D eigenvalue weighted by Gasteiger charge is 2.12. The molecule has 0 aromatic heterocycles. The van der Waals surface area contributed by atoms with Crippen molar-refractivity contribution in [1.82, 2.24) is 4.90 Å². The molecule has 1 aromatic rings. The van der Waals surface area contributed by atoms with Gasteiger partial charge in [-0.25, -0.2) is 4.39 Å². The summed E-state index contributed by atoms with van der Waals surface area (Å²) >= 11 is 0. The maximum atomic E-state index is 12.6. The summed E-state index contributed by atoms with van der Waals surface area (Å²) in [7, 11) is 1.67. The molecule has 2 N–H and O–H groups in total. The van der Waals surface area contributed by atoms with Gasteiger partial charge in [-0.2, -0.15) is 0 Å². The summed E-state index contributed by atoms with van der Waals surface area (Å²) in [6, 6.07) is 5.23. The average molecular weight is 277 g/mol. The Bertz CT molecular complexity index is 371. The van der Waals surface area contributed by atoms with Crippen LogP contribution >= 0.6 is 12.4 Å². The lowest BCUT2D eigenvalue weighted by Gasteiger charge is -2.19. The predicted octanol–water partition coefficient (Wildman–Crippen LogP) is 1.43. The number of halogens is 2. The van der Waals surface area contributed by atoms with Gasteiger partial charge in [-0.3, -0.25) is 4.79 Å². The molecule has 0 heterocycles. The molecule has 0 radical (unpaired) electrons. The van der Waals surface area contributed by atoms with Crippen LogP contribution < -0.4 is 10.5 Å². The lowest BCUT2D eigenvalue weighted by molar-refractivity contribution is -0.131. The molecule has 0 saturated heterocycles. The van der Waals surface area contributed by atoms with Gasteiger partial charge in [0.1, 0.15) is 18.2 Å². The summed E-state index contributed by atoms with van der Waals surface area (Å²) in [5.74, 6) is 0.141. The van der Waals surface area contributed by atoms with Crippen LogP contribution in [0, 0.1) is 5.82 Å². The first kappa shape index (κ1) is 16.7. The summed E-state index contributed by atoms with van der Waals surface area (Å²) in [4.78, 5) is 12.9. The van der Waals surface area contributed by atoms with E-state index in [2.05, 4.69) is 0 Å². The Kier molecular flexibility index (Phi) is 7.31. The first-order valence-corrected chi connectivity index (χ1v) is 5.39. The van der Waals surface area contributed by atoms with E-state index < -0.39 is 6.04 Å². The van der Waals surface area contributed by atoms with Gasteiger partial charge in [-0.15, -0.1) is 12.4 Å². The quantitative estimate of drug-likeness (QED) is 0.885. The molecule has 18 heavy (non-hydrogen) atoms. The second-order valence-corrected chi connectivity index (χ2v) is 3.85. The number of nitrogens with zero attached hydrogens (tertiary/aromatic N) is 1. The van der Waals surface area contributed by atoms with Crippen LogP contribution in [0.3, 0.4) is 0 Å². The monoisotopic (exact) mass is 276 g/mol. The van der Waals surface area contributed by atoms with Gasteiger partial charge in [0.15, 0.2) is 0 Å². The fourth-order valence-electron chi connectivity index (χ4n) is 1.29. The number of nitrogens with two attached hydrogens (primary N) is 1. The van der Waals surface area contributed by atoms with Crippen LogP contribution in [0.1, 0.15) is 6.92 Å². The van der Waals surface area contributed by atoms with Crippen molar-refractivity contribution in [2.45, 2.75) is 13.0 Å². The summed E-state index contributed by atoms with van der Waals surface area (Å²) in [5.41, 5.74) is 5.46. The Labute approximate surface area is 112 Å². The lowest BCUT2D eigenvalue weighted by Crippen LogP contribution is -2.41. The number of carbonyl (C=O) groups is 1. The maximum Gasteiger partial charge on any atom is 0.239 e. The standard InChI is InChI=1S/C12H17FN2O2.ClH/c1-9(14)12(16)15(2)7-8-17-11-5-3-10(13)4-6-11;/h3-6,9H,7-8,14H2,1-2H3;1H/t9-;/m0./s1. The molecule has 0 aliphatic heterocycles. The van der Waals surface area contributed by atoms with Crippen molar-refractivity contribution in [1.29, 1.82) is 0 Å². The first-order chi connectivity index (χ1) is 8.00. The highest BCUT2D eigenvalue weighted by atomic mass is 35.5. The van der Waals surface area contributed by atoms with E-state index in [9.17, 15) is 9.18 Å². The number of carbonyl (C=O) groups excluding carboxylic acids is 1. The van der Waals surface area contributed by atoms with Gasteiger partial charge in [0.05, 0.1) is 12.6 Å².